The molecule has 2 heterocycles. The Kier molecular flexibility index (Phi) is 3.26. The maximum atomic E-state index is 12.0. The standard InChI is InChI=1S/C11H20N2O2/c1-2-8-7-13(4-3-10(8)14)11(15)9-5-12-6-9/h8-10,12,14H,2-7H2,1H3/t8-,10+/m1/s1. The van der Waals surface area contributed by atoms with Gasteiger partial charge in [0.15, 0.2) is 0 Å². The summed E-state index contributed by atoms with van der Waals surface area (Å²) in [6.07, 6.45) is 1.48. The molecule has 0 aromatic rings. The molecule has 0 unspecified atom stereocenters. The van der Waals surface area contributed by atoms with Crippen LogP contribution in [0.1, 0.15) is 19.8 Å². The molecular weight excluding hydrogens is 192 g/mol. The minimum Gasteiger partial charge on any atom is -0.393 e. The SMILES string of the molecule is CC[C@@H]1CN(C(=O)C2CNC2)CC[C@@H]1O. The number of aliphatic hydroxyl groups is 1. The van der Waals surface area contributed by atoms with Crippen LogP contribution in [0, 0.1) is 11.8 Å². The van der Waals surface area contributed by atoms with Gasteiger partial charge in [0.1, 0.15) is 0 Å². The van der Waals surface area contributed by atoms with Gasteiger partial charge in [-0.1, -0.05) is 6.92 Å². The predicted octanol–water partition coefficient (Wildman–Crippen LogP) is -0.175. The third-order valence-electron chi connectivity index (χ3n) is 3.66. The summed E-state index contributed by atoms with van der Waals surface area (Å²) in [7, 11) is 0. The molecule has 4 nitrogen and oxygen atoms in total. The molecule has 2 fully saturated rings. The zero-order valence-electron chi connectivity index (χ0n) is 9.28. The van der Waals surface area contributed by atoms with Crippen molar-refractivity contribution < 1.29 is 9.90 Å². The number of amides is 1. The van der Waals surface area contributed by atoms with E-state index in [1.165, 1.54) is 0 Å². The Morgan fingerprint density at radius 3 is 2.80 bits per heavy atom. The first-order valence-electron chi connectivity index (χ1n) is 5.90. The van der Waals surface area contributed by atoms with Crippen molar-refractivity contribution in [2.45, 2.75) is 25.9 Å². The highest BCUT2D eigenvalue weighted by Gasteiger charge is 2.34. The van der Waals surface area contributed by atoms with Crippen molar-refractivity contribution in [3.05, 3.63) is 0 Å². The summed E-state index contributed by atoms with van der Waals surface area (Å²) in [4.78, 5) is 13.9. The largest absolute Gasteiger partial charge is 0.393 e. The van der Waals surface area contributed by atoms with Crippen LogP contribution in [0.5, 0.6) is 0 Å². The second kappa shape index (κ2) is 4.49. The molecule has 0 spiro atoms. The zero-order valence-corrected chi connectivity index (χ0v) is 9.28. The van der Waals surface area contributed by atoms with Crippen molar-refractivity contribution >= 4 is 5.91 Å². The molecule has 15 heavy (non-hydrogen) atoms. The molecule has 2 saturated heterocycles. The summed E-state index contributed by atoms with van der Waals surface area (Å²) in [5.74, 6) is 0.743. The molecular formula is C11H20N2O2. The lowest BCUT2D eigenvalue weighted by Gasteiger charge is -2.39. The number of hydrogen-bond donors (Lipinski definition) is 2. The Hall–Kier alpha value is -0.610. The molecule has 0 aliphatic carbocycles. The van der Waals surface area contributed by atoms with Crippen molar-refractivity contribution in [3.63, 3.8) is 0 Å². The van der Waals surface area contributed by atoms with E-state index in [0.29, 0.717) is 0 Å². The van der Waals surface area contributed by atoms with Gasteiger partial charge in [-0.3, -0.25) is 4.79 Å². The van der Waals surface area contributed by atoms with Crippen LogP contribution in [-0.4, -0.2) is 48.2 Å². The van der Waals surface area contributed by atoms with Crippen LogP contribution in [-0.2, 0) is 4.79 Å². The quantitative estimate of drug-likeness (QED) is 0.668. The van der Waals surface area contributed by atoms with E-state index in [1.54, 1.807) is 0 Å². The number of hydrogen-bond acceptors (Lipinski definition) is 3. The van der Waals surface area contributed by atoms with E-state index < -0.39 is 0 Å². The monoisotopic (exact) mass is 212 g/mol. The molecule has 0 radical (unpaired) electrons. The highest BCUT2D eigenvalue weighted by molar-refractivity contribution is 5.80. The number of carbonyl (C=O) groups is 1. The lowest BCUT2D eigenvalue weighted by Crippen LogP contribution is -2.55. The normalized spacial score (nSPS) is 32.5. The maximum absolute atomic E-state index is 12.0. The van der Waals surface area contributed by atoms with Crippen molar-refractivity contribution in [1.82, 2.24) is 10.2 Å². The van der Waals surface area contributed by atoms with Crippen LogP contribution < -0.4 is 5.32 Å². The Morgan fingerprint density at radius 2 is 2.27 bits per heavy atom. The van der Waals surface area contributed by atoms with Crippen molar-refractivity contribution in [3.8, 4) is 0 Å². The second-order valence-electron chi connectivity index (χ2n) is 4.66. The van der Waals surface area contributed by atoms with Gasteiger partial charge in [0, 0.05) is 32.1 Å². The fourth-order valence-electron chi connectivity index (χ4n) is 2.34. The van der Waals surface area contributed by atoms with E-state index in [9.17, 15) is 9.90 Å². The number of nitrogens with zero attached hydrogens (tertiary/aromatic N) is 1. The first kappa shape index (κ1) is 10.9. The second-order valence-corrected chi connectivity index (χ2v) is 4.66. The van der Waals surface area contributed by atoms with E-state index in [4.69, 9.17) is 0 Å². The molecule has 86 valence electrons. The Labute approximate surface area is 90.6 Å². The molecule has 2 aliphatic rings. The minimum atomic E-state index is -0.210. The maximum Gasteiger partial charge on any atom is 0.228 e. The van der Waals surface area contributed by atoms with E-state index in [0.717, 1.165) is 39.0 Å². The summed E-state index contributed by atoms with van der Waals surface area (Å²) in [6, 6.07) is 0. The van der Waals surface area contributed by atoms with Gasteiger partial charge in [-0.05, 0) is 12.8 Å². The highest BCUT2D eigenvalue weighted by atomic mass is 16.3. The average Bonchev–Trinajstić information content (AvgIpc) is 2.15. The lowest BCUT2D eigenvalue weighted by molar-refractivity contribution is -0.140. The van der Waals surface area contributed by atoms with Gasteiger partial charge in [-0.15, -0.1) is 0 Å². The van der Waals surface area contributed by atoms with Crippen LogP contribution >= 0.6 is 0 Å². The number of likely N-dealkylation sites (tertiary alicyclic amines) is 1. The zero-order chi connectivity index (χ0) is 10.8. The van der Waals surface area contributed by atoms with Gasteiger partial charge in [0.25, 0.3) is 0 Å². The Bertz CT molecular complexity index is 241. The highest BCUT2D eigenvalue weighted by Crippen LogP contribution is 2.22. The van der Waals surface area contributed by atoms with Crippen LogP contribution in [0.15, 0.2) is 0 Å². The molecule has 0 bridgehead atoms. The van der Waals surface area contributed by atoms with Crippen molar-refractivity contribution in [1.29, 1.82) is 0 Å². The number of aliphatic hydroxyl groups excluding tert-OH is 1. The Balaban J connectivity index is 1.90. The molecule has 1 amide bonds. The molecule has 2 rings (SSSR count). The minimum absolute atomic E-state index is 0.192. The molecule has 4 heteroatoms. The van der Waals surface area contributed by atoms with Gasteiger partial charge in [0.2, 0.25) is 5.91 Å². The van der Waals surface area contributed by atoms with Gasteiger partial charge in [-0.2, -0.15) is 0 Å². The first-order chi connectivity index (χ1) is 7.22. The van der Waals surface area contributed by atoms with Crippen molar-refractivity contribution in [2.75, 3.05) is 26.2 Å². The average molecular weight is 212 g/mol. The fourth-order valence-corrected chi connectivity index (χ4v) is 2.34. The number of carbonyl (C=O) groups excluding carboxylic acids is 1. The molecule has 2 N–H and O–H groups in total. The van der Waals surface area contributed by atoms with Crippen LogP contribution in [0.25, 0.3) is 0 Å². The van der Waals surface area contributed by atoms with E-state index >= 15 is 0 Å². The number of piperidine rings is 1. The molecule has 2 atom stereocenters. The summed E-state index contributed by atoms with van der Waals surface area (Å²) in [5, 5.41) is 12.8. The summed E-state index contributed by atoms with van der Waals surface area (Å²) < 4.78 is 0. The van der Waals surface area contributed by atoms with Gasteiger partial charge in [0.05, 0.1) is 12.0 Å². The summed E-state index contributed by atoms with van der Waals surface area (Å²) in [5.41, 5.74) is 0. The van der Waals surface area contributed by atoms with Gasteiger partial charge < -0.3 is 15.3 Å². The van der Waals surface area contributed by atoms with Crippen molar-refractivity contribution in [2.24, 2.45) is 11.8 Å². The van der Waals surface area contributed by atoms with E-state index in [1.807, 2.05) is 4.90 Å². The molecule has 0 aromatic heterocycles. The number of nitrogens with one attached hydrogen (secondary N) is 1. The van der Waals surface area contributed by atoms with E-state index in [-0.39, 0.29) is 23.8 Å². The summed E-state index contributed by atoms with van der Waals surface area (Å²) in [6.45, 7) is 5.20. The fraction of sp³-hybridized carbons (Fsp3) is 0.909. The summed E-state index contributed by atoms with van der Waals surface area (Å²) >= 11 is 0. The topological polar surface area (TPSA) is 52.6 Å². The third-order valence-corrected chi connectivity index (χ3v) is 3.66. The smallest absolute Gasteiger partial charge is 0.228 e. The first-order valence-corrected chi connectivity index (χ1v) is 5.90. The Morgan fingerprint density at radius 1 is 1.53 bits per heavy atom. The molecule has 0 aromatic carbocycles. The predicted molar refractivity (Wildman–Crippen MR) is 57.3 cm³/mol. The van der Waals surface area contributed by atoms with Crippen LogP contribution in [0.4, 0.5) is 0 Å². The third kappa shape index (κ3) is 2.16. The lowest BCUT2D eigenvalue weighted by atomic mass is 9.91. The molecule has 0 saturated carbocycles. The van der Waals surface area contributed by atoms with Crippen LogP contribution in [0.3, 0.4) is 0 Å². The number of rotatable bonds is 2. The molecule has 2 aliphatic heterocycles. The van der Waals surface area contributed by atoms with E-state index in [2.05, 4.69) is 12.2 Å². The van der Waals surface area contributed by atoms with Crippen LogP contribution in [0.2, 0.25) is 0 Å². The van der Waals surface area contributed by atoms with Gasteiger partial charge in [-0.25, -0.2) is 0 Å². The van der Waals surface area contributed by atoms with Gasteiger partial charge >= 0.3 is 0 Å².